The molecule has 1 aliphatic carbocycles. The first-order valence-corrected chi connectivity index (χ1v) is 8.96. The van der Waals surface area contributed by atoms with E-state index in [1.807, 2.05) is 0 Å². The van der Waals surface area contributed by atoms with Gasteiger partial charge < -0.3 is 0 Å². The molecule has 0 nitrogen and oxygen atoms in total. The third kappa shape index (κ3) is 1.83. The first kappa shape index (κ1) is 14.5. The maximum absolute atomic E-state index is 2.38. The van der Waals surface area contributed by atoms with E-state index >= 15 is 0 Å². The summed E-state index contributed by atoms with van der Waals surface area (Å²) in [5, 5.41) is 2.78. The van der Waals surface area contributed by atoms with Crippen molar-refractivity contribution >= 4 is 10.8 Å². The van der Waals surface area contributed by atoms with Gasteiger partial charge in [0.05, 0.1) is 5.41 Å². The minimum atomic E-state index is -0.133. The van der Waals surface area contributed by atoms with Gasteiger partial charge in [0.15, 0.2) is 0 Å². The quantitative estimate of drug-likeness (QED) is 0.407. The molecule has 0 aliphatic heterocycles. The topological polar surface area (TPSA) is 0 Å². The van der Waals surface area contributed by atoms with Crippen molar-refractivity contribution in [1.29, 1.82) is 0 Å². The second-order valence-corrected chi connectivity index (χ2v) is 7.01. The standard InChI is InChI=1S/C25H20/c1-18-22-16-8-10-19-11-9-17-23(24(19)22)25(18,20-12-4-2-5-13-20)21-14-6-3-7-15-21/h2-18H,1H3. The van der Waals surface area contributed by atoms with Crippen molar-refractivity contribution in [3.05, 3.63) is 119 Å². The van der Waals surface area contributed by atoms with E-state index in [1.54, 1.807) is 0 Å². The predicted molar refractivity (Wildman–Crippen MR) is 105 cm³/mol. The smallest absolute Gasteiger partial charge is 0.0523 e. The van der Waals surface area contributed by atoms with E-state index in [4.69, 9.17) is 0 Å². The lowest BCUT2D eigenvalue weighted by Crippen LogP contribution is -2.31. The maximum Gasteiger partial charge on any atom is 0.0523 e. The maximum atomic E-state index is 2.38. The summed E-state index contributed by atoms with van der Waals surface area (Å²) in [6, 6.07) is 35.5. The number of benzene rings is 4. The highest BCUT2D eigenvalue weighted by Crippen LogP contribution is 2.57. The molecule has 0 saturated heterocycles. The Kier molecular flexibility index (Phi) is 3.08. The van der Waals surface area contributed by atoms with Crippen LogP contribution in [-0.2, 0) is 5.41 Å². The summed E-state index contributed by atoms with van der Waals surface area (Å²) in [5.41, 5.74) is 5.51. The molecule has 0 amide bonds. The van der Waals surface area contributed by atoms with E-state index in [0.29, 0.717) is 5.92 Å². The van der Waals surface area contributed by atoms with E-state index < -0.39 is 0 Å². The fourth-order valence-electron chi connectivity index (χ4n) is 4.91. The lowest BCUT2D eigenvalue weighted by Gasteiger charge is -2.37. The fraction of sp³-hybridized carbons (Fsp3) is 0.120. The molecule has 4 aromatic rings. The molecule has 4 aromatic carbocycles. The minimum absolute atomic E-state index is 0.133. The SMILES string of the molecule is CC1c2cccc3cccc(c23)C1(c1ccccc1)c1ccccc1. The van der Waals surface area contributed by atoms with E-state index in [2.05, 4.69) is 104 Å². The van der Waals surface area contributed by atoms with Gasteiger partial charge in [0.1, 0.15) is 0 Å². The average Bonchev–Trinajstić information content (AvgIpc) is 2.95. The summed E-state index contributed by atoms with van der Waals surface area (Å²) >= 11 is 0. The molecule has 120 valence electrons. The van der Waals surface area contributed by atoms with Crippen molar-refractivity contribution in [2.24, 2.45) is 0 Å². The van der Waals surface area contributed by atoms with Crippen LogP contribution in [-0.4, -0.2) is 0 Å². The van der Waals surface area contributed by atoms with Gasteiger partial charge in [-0.25, -0.2) is 0 Å². The number of hydrogen-bond donors (Lipinski definition) is 0. The normalized spacial score (nSPS) is 17.7. The molecular weight excluding hydrogens is 300 g/mol. The summed E-state index contributed by atoms with van der Waals surface area (Å²) in [5.74, 6) is 0.387. The zero-order valence-electron chi connectivity index (χ0n) is 14.3. The molecule has 0 radical (unpaired) electrons. The van der Waals surface area contributed by atoms with E-state index in [0.717, 1.165) is 0 Å². The highest BCUT2D eigenvalue weighted by atomic mass is 14.5. The average molecular weight is 320 g/mol. The van der Waals surface area contributed by atoms with Gasteiger partial charge in [-0.15, -0.1) is 0 Å². The molecule has 0 aromatic heterocycles. The lowest BCUT2D eigenvalue weighted by molar-refractivity contribution is 0.536. The van der Waals surface area contributed by atoms with Crippen LogP contribution in [0.1, 0.15) is 35.1 Å². The Morgan fingerprint density at radius 1 is 0.600 bits per heavy atom. The summed E-state index contributed by atoms with van der Waals surface area (Å²) < 4.78 is 0. The third-order valence-electron chi connectivity index (χ3n) is 5.94. The molecule has 1 aliphatic rings. The van der Waals surface area contributed by atoms with E-state index in [-0.39, 0.29) is 5.41 Å². The van der Waals surface area contributed by atoms with Gasteiger partial charge in [0.25, 0.3) is 0 Å². The molecule has 0 heteroatoms. The van der Waals surface area contributed by atoms with Crippen molar-refractivity contribution in [2.45, 2.75) is 18.3 Å². The molecule has 0 bridgehead atoms. The molecule has 5 rings (SSSR count). The summed E-state index contributed by atoms with van der Waals surface area (Å²) in [7, 11) is 0. The van der Waals surface area contributed by atoms with Crippen molar-refractivity contribution < 1.29 is 0 Å². The molecule has 0 heterocycles. The minimum Gasteiger partial charge on any atom is -0.0622 e. The van der Waals surface area contributed by atoms with Crippen LogP contribution in [0, 0.1) is 0 Å². The molecule has 0 saturated carbocycles. The van der Waals surface area contributed by atoms with Gasteiger partial charge in [0.2, 0.25) is 0 Å². The fourth-order valence-corrected chi connectivity index (χ4v) is 4.91. The first-order chi connectivity index (χ1) is 12.3. The predicted octanol–water partition coefficient (Wildman–Crippen LogP) is 6.29. The van der Waals surface area contributed by atoms with Crippen molar-refractivity contribution in [3.63, 3.8) is 0 Å². The Balaban J connectivity index is 1.95. The highest BCUT2D eigenvalue weighted by molar-refractivity contribution is 5.95. The Morgan fingerprint density at radius 3 is 1.76 bits per heavy atom. The van der Waals surface area contributed by atoms with E-state index in [9.17, 15) is 0 Å². The number of rotatable bonds is 2. The van der Waals surface area contributed by atoms with Crippen molar-refractivity contribution in [1.82, 2.24) is 0 Å². The summed E-state index contributed by atoms with van der Waals surface area (Å²) in [4.78, 5) is 0. The van der Waals surface area contributed by atoms with Gasteiger partial charge in [-0.1, -0.05) is 104 Å². The molecule has 0 spiro atoms. The van der Waals surface area contributed by atoms with Crippen molar-refractivity contribution in [2.75, 3.05) is 0 Å². The van der Waals surface area contributed by atoms with Gasteiger partial charge in [-0.05, 0) is 38.9 Å². The highest BCUT2D eigenvalue weighted by Gasteiger charge is 2.47. The zero-order valence-corrected chi connectivity index (χ0v) is 14.3. The van der Waals surface area contributed by atoms with Crippen LogP contribution in [0.5, 0.6) is 0 Å². The first-order valence-electron chi connectivity index (χ1n) is 8.96. The second kappa shape index (κ2) is 5.32. The molecular formula is C25H20. The van der Waals surface area contributed by atoms with Gasteiger partial charge in [0, 0.05) is 0 Å². The molecule has 25 heavy (non-hydrogen) atoms. The Morgan fingerprint density at radius 2 is 1.16 bits per heavy atom. The lowest BCUT2D eigenvalue weighted by atomic mass is 9.65. The van der Waals surface area contributed by atoms with Crippen LogP contribution >= 0.6 is 0 Å². The Hall–Kier alpha value is -2.86. The van der Waals surface area contributed by atoms with E-state index in [1.165, 1.54) is 33.0 Å². The monoisotopic (exact) mass is 320 g/mol. The summed E-state index contributed by atoms with van der Waals surface area (Å²) in [6.07, 6.45) is 0. The largest absolute Gasteiger partial charge is 0.0622 e. The molecule has 0 N–H and O–H groups in total. The Labute approximate surface area is 148 Å². The second-order valence-electron chi connectivity index (χ2n) is 7.01. The Bertz CT molecular complexity index is 1000. The molecule has 1 atom stereocenters. The van der Waals surface area contributed by atoms with Crippen LogP contribution in [0.15, 0.2) is 97.1 Å². The van der Waals surface area contributed by atoms with Gasteiger partial charge in [-0.3, -0.25) is 0 Å². The molecule has 0 fully saturated rings. The van der Waals surface area contributed by atoms with Crippen LogP contribution < -0.4 is 0 Å². The van der Waals surface area contributed by atoms with Crippen LogP contribution in [0.2, 0.25) is 0 Å². The van der Waals surface area contributed by atoms with Gasteiger partial charge >= 0.3 is 0 Å². The zero-order chi connectivity index (χ0) is 16.9. The van der Waals surface area contributed by atoms with Crippen LogP contribution in [0.25, 0.3) is 10.8 Å². The van der Waals surface area contributed by atoms with Gasteiger partial charge in [-0.2, -0.15) is 0 Å². The number of hydrogen-bond acceptors (Lipinski definition) is 0. The summed E-state index contributed by atoms with van der Waals surface area (Å²) in [6.45, 7) is 2.38. The third-order valence-corrected chi connectivity index (χ3v) is 5.94. The van der Waals surface area contributed by atoms with Crippen LogP contribution in [0.3, 0.4) is 0 Å². The van der Waals surface area contributed by atoms with Crippen molar-refractivity contribution in [3.8, 4) is 0 Å². The van der Waals surface area contributed by atoms with Crippen LogP contribution in [0.4, 0.5) is 0 Å². The molecule has 1 unspecified atom stereocenters.